The van der Waals surface area contributed by atoms with E-state index in [9.17, 15) is 9.59 Å². The lowest BCUT2D eigenvalue weighted by Crippen LogP contribution is -2.26. The highest BCUT2D eigenvalue weighted by Crippen LogP contribution is 2.28. The van der Waals surface area contributed by atoms with Crippen LogP contribution < -0.4 is 10.6 Å². The van der Waals surface area contributed by atoms with Crippen molar-refractivity contribution >= 4 is 29.1 Å². The molecule has 5 heteroatoms. The van der Waals surface area contributed by atoms with Crippen molar-refractivity contribution in [1.82, 2.24) is 5.32 Å². The lowest BCUT2D eigenvalue weighted by atomic mass is 10.2. The van der Waals surface area contributed by atoms with Gasteiger partial charge in [-0.25, -0.2) is 0 Å². The number of rotatable bonds is 6. The third-order valence-electron chi connectivity index (χ3n) is 3.37. The summed E-state index contributed by atoms with van der Waals surface area (Å²) in [4.78, 5) is 23.2. The molecule has 1 aromatic carbocycles. The summed E-state index contributed by atoms with van der Waals surface area (Å²) in [6.07, 6.45) is 3.03. The average molecular weight is 295 g/mol. The van der Waals surface area contributed by atoms with E-state index in [0.29, 0.717) is 24.4 Å². The van der Waals surface area contributed by atoms with Crippen molar-refractivity contribution in [2.75, 3.05) is 11.9 Å². The van der Waals surface area contributed by atoms with Crippen LogP contribution in [0, 0.1) is 12.8 Å². The van der Waals surface area contributed by atoms with Crippen LogP contribution in [0.3, 0.4) is 0 Å². The largest absolute Gasteiger partial charge is 0.356 e. The lowest BCUT2D eigenvalue weighted by Gasteiger charge is -2.09. The number of anilines is 1. The van der Waals surface area contributed by atoms with Crippen molar-refractivity contribution in [3.05, 3.63) is 28.8 Å². The van der Waals surface area contributed by atoms with Gasteiger partial charge in [0.05, 0.1) is 0 Å². The molecule has 1 fully saturated rings. The third-order valence-corrected chi connectivity index (χ3v) is 3.78. The molecular formula is C15H19ClN2O2. The van der Waals surface area contributed by atoms with E-state index in [1.807, 2.05) is 13.0 Å². The van der Waals surface area contributed by atoms with Crippen LogP contribution in [0.15, 0.2) is 18.2 Å². The normalized spacial score (nSPS) is 13.9. The van der Waals surface area contributed by atoms with Crippen LogP contribution in [-0.2, 0) is 9.59 Å². The van der Waals surface area contributed by atoms with Gasteiger partial charge in [0, 0.05) is 29.6 Å². The maximum atomic E-state index is 11.8. The Hall–Kier alpha value is -1.55. The number of carbonyl (C=O) groups is 2. The predicted octanol–water partition coefficient (Wildman–Crippen LogP) is 2.89. The molecule has 0 aliphatic heterocycles. The third kappa shape index (κ3) is 4.23. The zero-order chi connectivity index (χ0) is 14.5. The monoisotopic (exact) mass is 294 g/mol. The molecule has 0 unspecified atom stereocenters. The molecule has 2 N–H and O–H groups in total. The SMILES string of the molecule is Cc1c(Cl)cccc1NC(=O)CCCNC(=O)C1CC1. The molecule has 108 valence electrons. The minimum absolute atomic E-state index is 0.0592. The van der Waals surface area contributed by atoms with Gasteiger partial charge < -0.3 is 10.6 Å². The van der Waals surface area contributed by atoms with Gasteiger partial charge in [-0.2, -0.15) is 0 Å². The number of amides is 2. The molecule has 0 spiro atoms. The van der Waals surface area contributed by atoms with Crippen LogP contribution in [0.5, 0.6) is 0 Å². The van der Waals surface area contributed by atoms with Crippen molar-refractivity contribution in [2.24, 2.45) is 5.92 Å². The smallest absolute Gasteiger partial charge is 0.224 e. The summed E-state index contributed by atoms with van der Waals surface area (Å²) in [5.41, 5.74) is 1.61. The van der Waals surface area contributed by atoms with E-state index in [0.717, 1.165) is 24.1 Å². The van der Waals surface area contributed by atoms with Gasteiger partial charge in [-0.1, -0.05) is 17.7 Å². The molecule has 1 aromatic rings. The fraction of sp³-hybridized carbons (Fsp3) is 0.467. The van der Waals surface area contributed by atoms with Crippen LogP contribution in [-0.4, -0.2) is 18.4 Å². The Labute approximate surface area is 123 Å². The average Bonchev–Trinajstić information content (AvgIpc) is 3.24. The highest BCUT2D eigenvalue weighted by Gasteiger charge is 2.28. The molecule has 20 heavy (non-hydrogen) atoms. The van der Waals surface area contributed by atoms with Gasteiger partial charge in [-0.3, -0.25) is 9.59 Å². The van der Waals surface area contributed by atoms with Gasteiger partial charge >= 0.3 is 0 Å². The summed E-state index contributed by atoms with van der Waals surface area (Å²) in [5.74, 6) is 0.282. The Bertz CT molecular complexity index is 513. The molecule has 4 nitrogen and oxygen atoms in total. The van der Waals surface area contributed by atoms with Gasteiger partial charge in [-0.05, 0) is 43.9 Å². The molecule has 0 radical (unpaired) electrons. The number of hydrogen-bond acceptors (Lipinski definition) is 2. The summed E-state index contributed by atoms with van der Waals surface area (Å²) in [7, 11) is 0. The van der Waals surface area contributed by atoms with Crippen molar-refractivity contribution in [2.45, 2.75) is 32.6 Å². The molecule has 0 atom stereocenters. The lowest BCUT2D eigenvalue weighted by molar-refractivity contribution is -0.122. The van der Waals surface area contributed by atoms with E-state index >= 15 is 0 Å². The van der Waals surface area contributed by atoms with Crippen molar-refractivity contribution in [3.63, 3.8) is 0 Å². The highest BCUT2D eigenvalue weighted by atomic mass is 35.5. The van der Waals surface area contributed by atoms with Gasteiger partial charge in [-0.15, -0.1) is 0 Å². The van der Waals surface area contributed by atoms with E-state index in [4.69, 9.17) is 11.6 Å². The molecule has 1 aliphatic carbocycles. The summed E-state index contributed by atoms with van der Waals surface area (Å²) in [6.45, 7) is 2.42. The van der Waals surface area contributed by atoms with E-state index < -0.39 is 0 Å². The maximum Gasteiger partial charge on any atom is 0.224 e. The molecule has 1 aliphatic rings. The minimum Gasteiger partial charge on any atom is -0.356 e. The number of carbonyl (C=O) groups excluding carboxylic acids is 2. The standard InChI is InChI=1S/C15H19ClN2O2/c1-10-12(16)4-2-5-13(10)18-14(19)6-3-9-17-15(20)11-7-8-11/h2,4-5,11H,3,6-9H2,1H3,(H,17,20)(H,18,19). The van der Waals surface area contributed by atoms with E-state index in [1.165, 1.54) is 0 Å². The Morgan fingerprint density at radius 3 is 2.80 bits per heavy atom. The Balaban J connectivity index is 1.69. The molecule has 0 bridgehead atoms. The fourth-order valence-corrected chi connectivity index (χ4v) is 2.08. The van der Waals surface area contributed by atoms with E-state index in [-0.39, 0.29) is 17.7 Å². The number of nitrogens with one attached hydrogen (secondary N) is 2. The van der Waals surface area contributed by atoms with Gasteiger partial charge in [0.1, 0.15) is 0 Å². The van der Waals surface area contributed by atoms with Crippen LogP contribution in [0.1, 0.15) is 31.2 Å². The second-order valence-electron chi connectivity index (χ2n) is 5.13. The summed E-state index contributed by atoms with van der Waals surface area (Å²) < 4.78 is 0. The summed E-state index contributed by atoms with van der Waals surface area (Å²) >= 11 is 6.00. The second kappa shape index (κ2) is 6.75. The van der Waals surface area contributed by atoms with Crippen LogP contribution in [0.2, 0.25) is 5.02 Å². The molecule has 0 aromatic heterocycles. The Morgan fingerprint density at radius 2 is 2.10 bits per heavy atom. The van der Waals surface area contributed by atoms with Crippen LogP contribution >= 0.6 is 11.6 Å². The molecular weight excluding hydrogens is 276 g/mol. The van der Waals surface area contributed by atoms with E-state index in [2.05, 4.69) is 10.6 Å². The van der Waals surface area contributed by atoms with Gasteiger partial charge in [0.25, 0.3) is 0 Å². The van der Waals surface area contributed by atoms with E-state index in [1.54, 1.807) is 12.1 Å². The van der Waals surface area contributed by atoms with Crippen LogP contribution in [0.4, 0.5) is 5.69 Å². The minimum atomic E-state index is -0.0592. The maximum absolute atomic E-state index is 11.8. The van der Waals surface area contributed by atoms with Crippen LogP contribution in [0.25, 0.3) is 0 Å². The summed E-state index contributed by atoms with van der Waals surface area (Å²) in [5, 5.41) is 6.32. The number of halogens is 1. The van der Waals surface area contributed by atoms with Gasteiger partial charge in [0.2, 0.25) is 11.8 Å². The number of hydrogen-bond donors (Lipinski definition) is 2. The Kier molecular flexibility index (Phi) is 5.01. The summed E-state index contributed by atoms with van der Waals surface area (Å²) in [6, 6.07) is 5.43. The fourth-order valence-electron chi connectivity index (χ4n) is 1.91. The molecule has 0 heterocycles. The zero-order valence-electron chi connectivity index (χ0n) is 11.5. The second-order valence-corrected chi connectivity index (χ2v) is 5.54. The van der Waals surface area contributed by atoms with Crippen molar-refractivity contribution in [1.29, 1.82) is 0 Å². The highest BCUT2D eigenvalue weighted by molar-refractivity contribution is 6.31. The first-order chi connectivity index (χ1) is 9.58. The van der Waals surface area contributed by atoms with Crippen molar-refractivity contribution in [3.8, 4) is 0 Å². The zero-order valence-corrected chi connectivity index (χ0v) is 12.3. The van der Waals surface area contributed by atoms with Gasteiger partial charge in [0.15, 0.2) is 0 Å². The quantitative estimate of drug-likeness (QED) is 0.793. The Morgan fingerprint density at radius 1 is 1.35 bits per heavy atom. The molecule has 2 rings (SSSR count). The molecule has 1 saturated carbocycles. The van der Waals surface area contributed by atoms with Crippen molar-refractivity contribution < 1.29 is 9.59 Å². The predicted molar refractivity (Wildman–Crippen MR) is 79.8 cm³/mol. The first kappa shape index (κ1) is 14.9. The first-order valence-corrected chi connectivity index (χ1v) is 7.28. The number of benzene rings is 1. The topological polar surface area (TPSA) is 58.2 Å². The molecule has 0 saturated heterocycles. The first-order valence-electron chi connectivity index (χ1n) is 6.90. The molecule has 2 amide bonds.